The van der Waals surface area contributed by atoms with Crippen molar-refractivity contribution in [3.05, 3.63) is 22.8 Å². The van der Waals surface area contributed by atoms with Crippen molar-refractivity contribution < 1.29 is 32.5 Å². The fraction of sp³-hybridized carbons (Fsp3) is 0.632. The monoisotopic (exact) mass is 376 g/mol. The van der Waals surface area contributed by atoms with Crippen LogP contribution < -0.4 is 4.74 Å². The molecular weight excluding hydrogens is 349 g/mol. The summed E-state index contributed by atoms with van der Waals surface area (Å²) in [6, 6.07) is 0.753. The van der Waals surface area contributed by atoms with Gasteiger partial charge in [-0.15, -0.1) is 0 Å². The molecule has 0 saturated heterocycles. The average Bonchev–Trinajstić information content (AvgIpc) is 2.59. The molecule has 1 aromatic rings. The molecule has 0 spiro atoms. The molecule has 0 aliphatic heterocycles. The molecule has 0 radical (unpaired) electrons. The molecule has 0 unspecified atom stereocenters. The van der Waals surface area contributed by atoms with Crippen LogP contribution in [0.25, 0.3) is 0 Å². The van der Waals surface area contributed by atoms with Gasteiger partial charge in [0.25, 0.3) is 0 Å². The molecule has 1 aromatic carbocycles. The van der Waals surface area contributed by atoms with Gasteiger partial charge in [-0.25, -0.2) is 4.79 Å². The Bertz CT molecular complexity index is 597. The van der Waals surface area contributed by atoms with Crippen LogP contribution in [-0.2, 0) is 17.3 Å². The molecular formula is C19H27F3O4. The van der Waals surface area contributed by atoms with E-state index >= 15 is 0 Å². The van der Waals surface area contributed by atoms with Gasteiger partial charge in [-0.3, -0.25) is 0 Å². The van der Waals surface area contributed by atoms with Gasteiger partial charge in [0, 0.05) is 5.56 Å². The summed E-state index contributed by atoms with van der Waals surface area (Å²) in [6.07, 6.45) is 2.73. The van der Waals surface area contributed by atoms with E-state index in [9.17, 15) is 23.1 Å². The molecule has 7 heteroatoms. The van der Waals surface area contributed by atoms with Crippen LogP contribution in [0.4, 0.5) is 13.2 Å². The molecule has 0 bridgehead atoms. The lowest BCUT2D eigenvalue weighted by molar-refractivity contribution is -0.138. The Balaban J connectivity index is 3.02. The van der Waals surface area contributed by atoms with E-state index < -0.39 is 29.0 Å². The third-order valence-electron chi connectivity index (χ3n) is 4.31. The summed E-state index contributed by atoms with van der Waals surface area (Å²) in [5, 5.41) is 10.3. The van der Waals surface area contributed by atoms with E-state index in [0.29, 0.717) is 12.8 Å². The number of benzene rings is 1. The summed E-state index contributed by atoms with van der Waals surface area (Å²) in [5.74, 6) is -2.01. The standard InChI is InChI=1S/C19H27F3O4/c1-4-5-6-7-8-9-10-11-13-15(25-2)12-14(19(20,21)22)16(17(13)23)18(24)26-3/h12,23H,4-11H2,1-3H3. The molecule has 0 saturated carbocycles. The summed E-state index contributed by atoms with van der Waals surface area (Å²) in [4.78, 5) is 11.8. The summed E-state index contributed by atoms with van der Waals surface area (Å²) in [5.41, 5.74) is -1.92. The minimum absolute atomic E-state index is 0.0755. The molecule has 148 valence electrons. The highest BCUT2D eigenvalue weighted by Crippen LogP contribution is 2.42. The summed E-state index contributed by atoms with van der Waals surface area (Å²) in [6.45, 7) is 2.14. The molecule has 0 heterocycles. The number of methoxy groups -OCH3 is 2. The van der Waals surface area contributed by atoms with Gasteiger partial charge in [0.1, 0.15) is 17.1 Å². The topological polar surface area (TPSA) is 55.8 Å². The Morgan fingerprint density at radius 1 is 1.08 bits per heavy atom. The molecule has 1 rings (SSSR count). The molecule has 0 atom stereocenters. The first kappa shape index (κ1) is 22.1. The number of aromatic hydroxyl groups is 1. The van der Waals surface area contributed by atoms with Crippen LogP contribution >= 0.6 is 0 Å². The first-order valence-electron chi connectivity index (χ1n) is 8.86. The third kappa shape index (κ3) is 5.81. The summed E-state index contributed by atoms with van der Waals surface area (Å²) in [7, 11) is 2.21. The zero-order valence-corrected chi connectivity index (χ0v) is 15.5. The number of phenolic OH excluding ortho intramolecular Hbond substituents is 1. The lowest BCUT2D eigenvalue weighted by Gasteiger charge is -2.18. The second kappa shape index (κ2) is 10.3. The number of hydrogen-bond donors (Lipinski definition) is 1. The maximum Gasteiger partial charge on any atom is 0.417 e. The predicted octanol–water partition coefficient (Wildman–Crippen LogP) is 5.50. The number of rotatable bonds is 10. The Labute approximate surface area is 152 Å². The minimum Gasteiger partial charge on any atom is -0.507 e. The zero-order valence-electron chi connectivity index (χ0n) is 15.5. The van der Waals surface area contributed by atoms with E-state index in [1.807, 2.05) is 0 Å². The van der Waals surface area contributed by atoms with Gasteiger partial charge in [0.15, 0.2) is 0 Å². The molecule has 0 aromatic heterocycles. The van der Waals surface area contributed by atoms with Crippen molar-refractivity contribution >= 4 is 5.97 Å². The van der Waals surface area contributed by atoms with Gasteiger partial charge in [-0.1, -0.05) is 45.4 Å². The van der Waals surface area contributed by atoms with Crippen LogP contribution in [0, 0.1) is 0 Å². The number of halogens is 3. The van der Waals surface area contributed by atoms with Gasteiger partial charge in [-0.2, -0.15) is 13.2 Å². The zero-order chi connectivity index (χ0) is 19.7. The van der Waals surface area contributed by atoms with Crippen LogP contribution in [0.15, 0.2) is 6.07 Å². The maximum absolute atomic E-state index is 13.3. The Kier molecular flexibility index (Phi) is 8.75. The van der Waals surface area contributed by atoms with E-state index in [1.165, 1.54) is 13.5 Å². The highest BCUT2D eigenvalue weighted by molar-refractivity contribution is 5.95. The van der Waals surface area contributed by atoms with Gasteiger partial charge in [-0.05, 0) is 18.9 Å². The third-order valence-corrected chi connectivity index (χ3v) is 4.31. The average molecular weight is 376 g/mol. The van der Waals surface area contributed by atoms with Crippen LogP contribution in [-0.4, -0.2) is 25.3 Å². The summed E-state index contributed by atoms with van der Waals surface area (Å²) < 4.78 is 49.2. The lowest BCUT2D eigenvalue weighted by Crippen LogP contribution is -2.16. The number of ether oxygens (including phenoxy) is 2. The number of hydrogen-bond acceptors (Lipinski definition) is 4. The van der Waals surface area contributed by atoms with Gasteiger partial charge < -0.3 is 14.6 Å². The largest absolute Gasteiger partial charge is 0.507 e. The number of alkyl halides is 3. The number of carbonyl (C=O) groups is 1. The van der Waals surface area contributed by atoms with Crippen molar-refractivity contribution in [3.8, 4) is 11.5 Å². The van der Waals surface area contributed by atoms with Crippen molar-refractivity contribution in [1.82, 2.24) is 0 Å². The highest BCUT2D eigenvalue weighted by Gasteiger charge is 2.39. The van der Waals surface area contributed by atoms with Gasteiger partial charge in [0.2, 0.25) is 0 Å². The second-order valence-corrected chi connectivity index (χ2v) is 6.19. The molecule has 0 amide bonds. The molecule has 4 nitrogen and oxygen atoms in total. The molecule has 0 aliphatic carbocycles. The number of phenols is 1. The van der Waals surface area contributed by atoms with Crippen molar-refractivity contribution in [2.75, 3.05) is 14.2 Å². The van der Waals surface area contributed by atoms with E-state index in [0.717, 1.165) is 45.3 Å². The first-order valence-corrected chi connectivity index (χ1v) is 8.86. The van der Waals surface area contributed by atoms with E-state index in [-0.39, 0.29) is 11.3 Å². The smallest absolute Gasteiger partial charge is 0.417 e. The molecule has 1 N–H and O–H groups in total. The Morgan fingerprint density at radius 3 is 2.15 bits per heavy atom. The van der Waals surface area contributed by atoms with Crippen molar-refractivity contribution in [1.29, 1.82) is 0 Å². The van der Waals surface area contributed by atoms with Gasteiger partial charge in [0.05, 0.1) is 19.8 Å². The van der Waals surface area contributed by atoms with Crippen molar-refractivity contribution in [3.63, 3.8) is 0 Å². The van der Waals surface area contributed by atoms with Crippen molar-refractivity contribution in [2.24, 2.45) is 0 Å². The number of unbranched alkanes of at least 4 members (excludes halogenated alkanes) is 6. The highest BCUT2D eigenvalue weighted by atomic mass is 19.4. The predicted molar refractivity (Wildman–Crippen MR) is 92.7 cm³/mol. The molecule has 26 heavy (non-hydrogen) atoms. The lowest BCUT2D eigenvalue weighted by atomic mass is 9.96. The maximum atomic E-state index is 13.3. The normalized spacial score (nSPS) is 11.5. The van der Waals surface area contributed by atoms with E-state index in [2.05, 4.69) is 11.7 Å². The quantitative estimate of drug-likeness (QED) is 0.433. The molecule has 0 aliphatic rings. The van der Waals surface area contributed by atoms with Gasteiger partial charge >= 0.3 is 12.1 Å². The van der Waals surface area contributed by atoms with Crippen molar-refractivity contribution in [2.45, 2.75) is 64.5 Å². The number of esters is 1. The first-order chi connectivity index (χ1) is 12.3. The Morgan fingerprint density at radius 2 is 1.65 bits per heavy atom. The minimum atomic E-state index is -4.81. The van der Waals surface area contributed by atoms with Crippen LogP contribution in [0.5, 0.6) is 11.5 Å². The van der Waals surface area contributed by atoms with Crippen LogP contribution in [0.3, 0.4) is 0 Å². The fourth-order valence-electron chi connectivity index (χ4n) is 2.90. The van der Waals surface area contributed by atoms with E-state index in [4.69, 9.17) is 4.74 Å². The van der Waals surface area contributed by atoms with Crippen LogP contribution in [0.1, 0.15) is 73.4 Å². The second-order valence-electron chi connectivity index (χ2n) is 6.19. The van der Waals surface area contributed by atoms with Crippen LogP contribution in [0.2, 0.25) is 0 Å². The Hall–Kier alpha value is -1.92. The van der Waals surface area contributed by atoms with E-state index in [1.54, 1.807) is 0 Å². The summed E-state index contributed by atoms with van der Waals surface area (Å²) >= 11 is 0. The SMILES string of the molecule is CCCCCCCCCc1c(OC)cc(C(F)(F)F)c(C(=O)OC)c1O. The fourth-order valence-corrected chi connectivity index (χ4v) is 2.90. The number of carbonyl (C=O) groups excluding carboxylic acids is 1. The molecule has 0 fully saturated rings.